The predicted molar refractivity (Wildman–Crippen MR) is 114 cm³/mol. The Kier molecular flexibility index (Phi) is 5.56. The number of rotatable bonds is 7. The van der Waals surface area contributed by atoms with Crippen molar-refractivity contribution in [2.75, 3.05) is 6.61 Å². The van der Waals surface area contributed by atoms with Crippen LogP contribution in [-0.4, -0.2) is 21.6 Å². The summed E-state index contributed by atoms with van der Waals surface area (Å²) in [6.45, 7) is 7.73. The molecule has 4 rings (SSSR count). The summed E-state index contributed by atoms with van der Waals surface area (Å²) in [7, 11) is 0. The first kappa shape index (κ1) is 19.1. The fourth-order valence-electron chi connectivity index (χ4n) is 3.92. The van der Waals surface area contributed by atoms with E-state index in [9.17, 15) is 0 Å². The molecule has 0 aliphatic heterocycles. The van der Waals surface area contributed by atoms with Gasteiger partial charge in [0.05, 0.1) is 11.9 Å². The van der Waals surface area contributed by atoms with Crippen LogP contribution in [-0.2, 0) is 0 Å². The lowest BCUT2D eigenvalue weighted by Gasteiger charge is -2.19. The molecule has 0 amide bonds. The molecule has 1 aromatic carbocycles. The smallest absolute Gasteiger partial charge is 0.174 e. The third-order valence-corrected chi connectivity index (χ3v) is 5.44. The van der Waals surface area contributed by atoms with Gasteiger partial charge < -0.3 is 9.72 Å². The van der Waals surface area contributed by atoms with Crippen molar-refractivity contribution in [3.8, 4) is 17.0 Å². The van der Waals surface area contributed by atoms with E-state index in [1.54, 1.807) is 30.6 Å². The van der Waals surface area contributed by atoms with Crippen molar-refractivity contribution in [3.05, 3.63) is 78.9 Å². The minimum Gasteiger partial charge on any atom is -0.486 e. The van der Waals surface area contributed by atoms with Gasteiger partial charge in [0.1, 0.15) is 12.1 Å². The van der Waals surface area contributed by atoms with E-state index in [0.717, 1.165) is 36.8 Å². The molecule has 1 saturated carbocycles. The zero-order valence-corrected chi connectivity index (χ0v) is 16.3. The Morgan fingerprint density at radius 3 is 2.83 bits per heavy atom. The van der Waals surface area contributed by atoms with Gasteiger partial charge in [-0.2, -0.15) is 0 Å². The molecule has 0 radical (unpaired) electrons. The van der Waals surface area contributed by atoms with Crippen molar-refractivity contribution < 1.29 is 9.13 Å². The van der Waals surface area contributed by atoms with Crippen molar-refractivity contribution >= 4 is 11.2 Å². The summed E-state index contributed by atoms with van der Waals surface area (Å²) in [5.74, 6) is 0.241. The maximum Gasteiger partial charge on any atom is 0.174 e. The molecule has 5 heteroatoms. The van der Waals surface area contributed by atoms with Crippen LogP contribution in [0.15, 0.2) is 67.6 Å². The molecule has 1 N–H and O–H groups in total. The van der Waals surface area contributed by atoms with Gasteiger partial charge in [-0.25, -0.2) is 14.4 Å². The van der Waals surface area contributed by atoms with E-state index in [1.165, 1.54) is 0 Å². The number of aromatic amines is 1. The van der Waals surface area contributed by atoms with E-state index < -0.39 is 0 Å². The van der Waals surface area contributed by atoms with Gasteiger partial charge in [-0.05, 0) is 36.5 Å². The van der Waals surface area contributed by atoms with Crippen LogP contribution >= 0.6 is 0 Å². The summed E-state index contributed by atoms with van der Waals surface area (Å²) >= 11 is 0. The van der Waals surface area contributed by atoms with E-state index in [0.29, 0.717) is 34.1 Å². The second-order valence-electron chi connectivity index (χ2n) is 7.26. The number of allylic oxidation sites excluding steroid dienone is 2. The first-order valence-corrected chi connectivity index (χ1v) is 9.91. The number of hydrogen-bond donors (Lipinski definition) is 1. The molecule has 4 nitrogen and oxygen atoms in total. The third-order valence-electron chi connectivity index (χ3n) is 5.44. The van der Waals surface area contributed by atoms with Crippen LogP contribution in [0.25, 0.3) is 22.4 Å². The molecule has 0 spiro atoms. The molecule has 0 atom stereocenters. The molecule has 29 heavy (non-hydrogen) atoms. The summed E-state index contributed by atoms with van der Waals surface area (Å²) < 4.78 is 21.7. The lowest BCUT2D eigenvalue weighted by molar-refractivity contribution is 0.329. The number of ether oxygens (including phenoxy) is 1. The molecule has 0 unspecified atom stereocenters. The van der Waals surface area contributed by atoms with Crippen molar-refractivity contribution in [3.63, 3.8) is 0 Å². The quantitative estimate of drug-likeness (QED) is 0.497. The van der Waals surface area contributed by atoms with E-state index in [4.69, 9.17) is 4.74 Å². The zero-order chi connectivity index (χ0) is 20.2. The SMILES string of the molecule is C=C/C=C(\C=C)COc1c(C2CCCC2)ccc(-c2cnc3[nH]ccc3n2)c1F. The first-order valence-electron chi connectivity index (χ1n) is 9.91. The molecule has 1 fully saturated rings. The summed E-state index contributed by atoms with van der Waals surface area (Å²) in [5.41, 5.74) is 4.04. The van der Waals surface area contributed by atoms with Crippen molar-refractivity contribution in [1.29, 1.82) is 0 Å². The summed E-state index contributed by atoms with van der Waals surface area (Å²) in [6, 6.07) is 5.61. The molecular weight excluding hydrogens is 365 g/mol. The van der Waals surface area contributed by atoms with Crippen molar-refractivity contribution in [2.45, 2.75) is 31.6 Å². The van der Waals surface area contributed by atoms with Crippen molar-refractivity contribution in [2.24, 2.45) is 0 Å². The van der Waals surface area contributed by atoms with E-state index in [2.05, 4.69) is 28.1 Å². The maximum absolute atomic E-state index is 15.7. The highest BCUT2D eigenvalue weighted by molar-refractivity contribution is 5.75. The van der Waals surface area contributed by atoms with Gasteiger partial charge in [-0.1, -0.05) is 50.3 Å². The van der Waals surface area contributed by atoms with Gasteiger partial charge in [0.25, 0.3) is 0 Å². The Morgan fingerprint density at radius 1 is 1.24 bits per heavy atom. The molecule has 1 aliphatic carbocycles. The normalized spacial score (nSPS) is 15.0. The number of halogens is 1. The van der Waals surface area contributed by atoms with Crippen LogP contribution < -0.4 is 4.74 Å². The molecule has 2 aromatic heterocycles. The topological polar surface area (TPSA) is 50.8 Å². The van der Waals surface area contributed by atoms with Crippen LogP contribution in [0.5, 0.6) is 5.75 Å². The van der Waals surface area contributed by atoms with E-state index in [1.807, 2.05) is 18.2 Å². The predicted octanol–water partition coefficient (Wildman–Crippen LogP) is 6.10. The number of benzene rings is 1. The highest BCUT2D eigenvalue weighted by Crippen LogP contribution is 2.42. The lowest BCUT2D eigenvalue weighted by Crippen LogP contribution is -2.07. The zero-order valence-electron chi connectivity index (χ0n) is 16.3. The Hall–Kier alpha value is -3.21. The Balaban J connectivity index is 1.76. The standard InChI is InChI=1S/C24H24FN3O/c1-3-7-16(4-2)15-29-23-18(17-8-5-6-9-17)10-11-19(22(23)25)21-14-27-24-20(28-21)12-13-26-24/h3-4,7,10-14,17H,1-2,5-6,8-9,15H2,(H,26,27)/b16-7+. The van der Waals surface area contributed by atoms with E-state index in [-0.39, 0.29) is 12.4 Å². The molecular formula is C24H24FN3O. The number of nitrogens with one attached hydrogen (secondary N) is 1. The van der Waals surface area contributed by atoms with Gasteiger partial charge in [0, 0.05) is 17.3 Å². The minimum absolute atomic E-state index is 0.234. The molecule has 0 saturated heterocycles. The summed E-state index contributed by atoms with van der Waals surface area (Å²) in [5, 5.41) is 0. The van der Waals surface area contributed by atoms with Crippen LogP contribution in [0.1, 0.15) is 37.2 Å². The Morgan fingerprint density at radius 2 is 2.07 bits per heavy atom. The average molecular weight is 389 g/mol. The maximum atomic E-state index is 15.7. The number of aromatic nitrogens is 3. The minimum atomic E-state index is -0.388. The van der Waals surface area contributed by atoms with Gasteiger partial charge in [-0.15, -0.1) is 0 Å². The van der Waals surface area contributed by atoms with Crippen LogP contribution in [0.2, 0.25) is 0 Å². The Bertz CT molecular complexity index is 1080. The highest BCUT2D eigenvalue weighted by atomic mass is 19.1. The molecule has 3 aromatic rings. The first-order chi connectivity index (χ1) is 14.2. The number of fused-ring (bicyclic) bond motifs is 1. The van der Waals surface area contributed by atoms with Gasteiger partial charge in [0.2, 0.25) is 0 Å². The molecule has 1 aliphatic rings. The monoisotopic (exact) mass is 389 g/mol. The summed E-state index contributed by atoms with van der Waals surface area (Å²) in [6.07, 6.45) is 13.0. The van der Waals surface area contributed by atoms with Crippen LogP contribution in [0.4, 0.5) is 4.39 Å². The van der Waals surface area contributed by atoms with Crippen LogP contribution in [0.3, 0.4) is 0 Å². The molecule has 0 bridgehead atoms. The fraction of sp³-hybridized carbons (Fsp3) is 0.250. The molecule has 2 heterocycles. The fourth-order valence-corrected chi connectivity index (χ4v) is 3.92. The number of nitrogens with zero attached hydrogens (tertiary/aromatic N) is 2. The lowest BCUT2D eigenvalue weighted by atomic mass is 9.94. The Labute approximate surface area is 169 Å². The van der Waals surface area contributed by atoms with Crippen molar-refractivity contribution in [1.82, 2.24) is 15.0 Å². The second kappa shape index (κ2) is 8.43. The molecule has 148 valence electrons. The third kappa shape index (κ3) is 3.86. The van der Waals surface area contributed by atoms with E-state index >= 15 is 4.39 Å². The number of hydrogen-bond acceptors (Lipinski definition) is 3. The van der Waals surface area contributed by atoms with Gasteiger partial charge in [-0.3, -0.25) is 0 Å². The van der Waals surface area contributed by atoms with Gasteiger partial charge in [0.15, 0.2) is 17.2 Å². The average Bonchev–Trinajstić information content (AvgIpc) is 3.43. The van der Waals surface area contributed by atoms with Gasteiger partial charge >= 0.3 is 0 Å². The largest absolute Gasteiger partial charge is 0.486 e. The van der Waals surface area contributed by atoms with Crippen LogP contribution in [0, 0.1) is 5.82 Å². The second-order valence-corrected chi connectivity index (χ2v) is 7.26. The number of H-pyrrole nitrogens is 1. The highest BCUT2D eigenvalue weighted by Gasteiger charge is 2.25. The summed E-state index contributed by atoms with van der Waals surface area (Å²) in [4.78, 5) is 11.9.